The van der Waals surface area contributed by atoms with Crippen LogP contribution in [0.15, 0.2) is 36.5 Å². The third-order valence-corrected chi connectivity index (χ3v) is 4.31. The van der Waals surface area contributed by atoms with Gasteiger partial charge in [-0.1, -0.05) is 12.1 Å². The van der Waals surface area contributed by atoms with Gasteiger partial charge in [-0.05, 0) is 30.2 Å². The molecule has 1 amide bonds. The number of hydrogen-bond donors (Lipinski definition) is 4. The number of aromatic nitrogens is 1. The summed E-state index contributed by atoms with van der Waals surface area (Å²) in [5, 5.41) is 23.2. The summed E-state index contributed by atoms with van der Waals surface area (Å²) in [5.41, 5.74) is 8.99. The molecule has 0 saturated heterocycles. The largest absolute Gasteiger partial charge is 0.504 e. The monoisotopic (exact) mass is 353 g/mol. The van der Waals surface area contributed by atoms with Crippen molar-refractivity contribution in [1.82, 2.24) is 4.98 Å². The number of methoxy groups -OCH3 is 1. The van der Waals surface area contributed by atoms with E-state index in [0.717, 1.165) is 16.8 Å². The Balaban J connectivity index is 2.25. The van der Waals surface area contributed by atoms with Gasteiger partial charge in [-0.25, -0.2) is 0 Å². The van der Waals surface area contributed by atoms with Gasteiger partial charge in [0.05, 0.1) is 30.5 Å². The fourth-order valence-electron chi connectivity index (χ4n) is 2.82. The number of fused-ring (bicyclic) bond motifs is 1. The van der Waals surface area contributed by atoms with Crippen molar-refractivity contribution in [3.05, 3.63) is 53.2 Å². The number of pyridine rings is 1. The molecule has 0 fully saturated rings. The predicted octanol–water partition coefficient (Wildman–Crippen LogP) is 2.59. The summed E-state index contributed by atoms with van der Waals surface area (Å²) in [6, 6.07) is 8.52. The number of rotatable bonds is 5. The maximum Gasteiger partial charge on any atom is 0.252 e. The molecule has 0 aliphatic heterocycles. The molecule has 3 aromatic rings. The van der Waals surface area contributed by atoms with Crippen LogP contribution in [0.5, 0.6) is 11.5 Å². The first-order valence-electron chi connectivity index (χ1n) is 7.92. The van der Waals surface area contributed by atoms with E-state index >= 15 is 0 Å². The standard InChI is InChI=1S/C19H19N3O4/c1-10-11(9-23)4-3-5-14(10)22-18-12-6-17(26-2)16(24)7-15(12)21-8-13(18)19(20)25/h3-8,23-24H,9H2,1-2H3,(H2,20,25)(H,21,22). The molecule has 3 rings (SSSR count). The van der Waals surface area contributed by atoms with Crippen LogP contribution in [0.4, 0.5) is 11.4 Å². The molecule has 7 heteroatoms. The normalized spacial score (nSPS) is 10.7. The third-order valence-electron chi connectivity index (χ3n) is 4.31. The van der Waals surface area contributed by atoms with Crippen LogP contribution in [0.25, 0.3) is 10.9 Å². The summed E-state index contributed by atoms with van der Waals surface area (Å²) in [6.07, 6.45) is 1.37. The highest BCUT2D eigenvalue weighted by Gasteiger charge is 2.17. The number of nitrogens with one attached hydrogen (secondary N) is 1. The van der Waals surface area contributed by atoms with Crippen LogP contribution in [0.1, 0.15) is 21.5 Å². The molecule has 0 unspecified atom stereocenters. The van der Waals surface area contributed by atoms with Gasteiger partial charge in [-0.15, -0.1) is 0 Å². The molecule has 0 aliphatic rings. The Kier molecular flexibility index (Phi) is 4.64. The number of carbonyl (C=O) groups excluding carboxylic acids is 1. The quantitative estimate of drug-likeness (QED) is 0.560. The highest BCUT2D eigenvalue weighted by atomic mass is 16.5. The average Bonchev–Trinajstić information content (AvgIpc) is 2.62. The molecule has 0 bridgehead atoms. The first kappa shape index (κ1) is 17.5. The maximum atomic E-state index is 11.9. The lowest BCUT2D eigenvalue weighted by atomic mass is 10.0. The highest BCUT2D eigenvalue weighted by Crippen LogP contribution is 2.37. The Hall–Kier alpha value is -3.32. The Labute approximate surface area is 150 Å². The number of benzene rings is 2. The van der Waals surface area contributed by atoms with Crippen LogP contribution in [-0.4, -0.2) is 28.2 Å². The number of aromatic hydroxyl groups is 1. The first-order valence-corrected chi connectivity index (χ1v) is 7.92. The number of primary amides is 1. The van der Waals surface area contributed by atoms with Crippen LogP contribution in [-0.2, 0) is 6.61 Å². The number of anilines is 2. The fraction of sp³-hybridized carbons (Fsp3) is 0.158. The zero-order valence-electron chi connectivity index (χ0n) is 14.4. The molecule has 0 atom stereocenters. The van der Waals surface area contributed by atoms with Crippen molar-refractivity contribution in [2.75, 3.05) is 12.4 Å². The second-order valence-electron chi connectivity index (χ2n) is 5.83. The average molecular weight is 353 g/mol. The number of aliphatic hydroxyl groups is 1. The van der Waals surface area contributed by atoms with Crippen molar-refractivity contribution in [2.24, 2.45) is 5.73 Å². The number of aliphatic hydroxyl groups excluding tert-OH is 1. The van der Waals surface area contributed by atoms with Crippen LogP contribution < -0.4 is 15.8 Å². The van der Waals surface area contributed by atoms with Crippen molar-refractivity contribution in [3.8, 4) is 11.5 Å². The molecule has 0 radical (unpaired) electrons. The summed E-state index contributed by atoms with van der Waals surface area (Å²) in [5.74, 6) is -0.432. The molecular formula is C19H19N3O4. The van der Waals surface area contributed by atoms with E-state index in [-0.39, 0.29) is 23.7 Å². The van der Waals surface area contributed by atoms with Crippen molar-refractivity contribution in [1.29, 1.82) is 0 Å². The van der Waals surface area contributed by atoms with E-state index in [0.29, 0.717) is 16.6 Å². The summed E-state index contributed by atoms with van der Waals surface area (Å²) < 4.78 is 5.16. The minimum atomic E-state index is -0.634. The van der Waals surface area contributed by atoms with Gasteiger partial charge in [0.2, 0.25) is 0 Å². The van der Waals surface area contributed by atoms with Crippen LogP contribution in [0, 0.1) is 6.92 Å². The van der Waals surface area contributed by atoms with Crippen LogP contribution in [0.3, 0.4) is 0 Å². The number of phenols is 1. The summed E-state index contributed by atoms with van der Waals surface area (Å²) in [4.78, 5) is 16.1. The lowest BCUT2D eigenvalue weighted by Gasteiger charge is -2.17. The van der Waals surface area contributed by atoms with E-state index in [1.54, 1.807) is 12.1 Å². The lowest BCUT2D eigenvalue weighted by Crippen LogP contribution is -2.14. The number of nitrogens with two attached hydrogens (primary N) is 1. The van der Waals surface area contributed by atoms with Gasteiger partial charge in [0, 0.05) is 23.3 Å². The Morgan fingerprint density at radius 2 is 2.12 bits per heavy atom. The van der Waals surface area contributed by atoms with E-state index in [4.69, 9.17) is 10.5 Å². The number of hydrogen-bond acceptors (Lipinski definition) is 6. The minimum absolute atomic E-state index is 0.0521. The molecule has 134 valence electrons. The Bertz CT molecular complexity index is 1000. The summed E-state index contributed by atoms with van der Waals surface area (Å²) >= 11 is 0. The SMILES string of the molecule is COc1cc2c(Nc3cccc(CO)c3C)c(C(N)=O)cnc2cc1O. The fourth-order valence-corrected chi connectivity index (χ4v) is 2.82. The number of amides is 1. The van der Waals surface area contributed by atoms with E-state index < -0.39 is 5.91 Å². The number of nitrogens with zero attached hydrogens (tertiary/aromatic N) is 1. The summed E-state index contributed by atoms with van der Waals surface area (Å²) in [7, 11) is 1.44. The van der Waals surface area contributed by atoms with Gasteiger partial charge in [0.25, 0.3) is 5.91 Å². The maximum absolute atomic E-state index is 11.9. The topological polar surface area (TPSA) is 118 Å². The molecule has 7 nitrogen and oxygen atoms in total. The van der Waals surface area contributed by atoms with E-state index in [1.165, 1.54) is 19.4 Å². The first-order chi connectivity index (χ1) is 12.5. The molecule has 0 aliphatic carbocycles. The van der Waals surface area contributed by atoms with Gasteiger partial charge < -0.3 is 26.0 Å². The zero-order valence-corrected chi connectivity index (χ0v) is 14.4. The van der Waals surface area contributed by atoms with Crippen molar-refractivity contribution in [3.63, 3.8) is 0 Å². The molecular weight excluding hydrogens is 334 g/mol. The summed E-state index contributed by atoms with van der Waals surface area (Å²) in [6.45, 7) is 1.77. The van der Waals surface area contributed by atoms with Crippen molar-refractivity contribution < 1.29 is 19.7 Å². The smallest absolute Gasteiger partial charge is 0.252 e. The molecule has 1 heterocycles. The third kappa shape index (κ3) is 3.00. The molecule has 1 aromatic heterocycles. The highest BCUT2D eigenvalue weighted by molar-refractivity contribution is 6.08. The number of ether oxygens (including phenoxy) is 1. The predicted molar refractivity (Wildman–Crippen MR) is 98.9 cm³/mol. The second-order valence-corrected chi connectivity index (χ2v) is 5.83. The molecule has 0 saturated carbocycles. The Morgan fingerprint density at radius 1 is 1.35 bits per heavy atom. The zero-order chi connectivity index (χ0) is 18.8. The molecule has 0 spiro atoms. The Morgan fingerprint density at radius 3 is 2.77 bits per heavy atom. The van der Waals surface area contributed by atoms with Gasteiger partial charge in [-0.2, -0.15) is 0 Å². The van der Waals surface area contributed by atoms with E-state index in [1.807, 2.05) is 19.1 Å². The minimum Gasteiger partial charge on any atom is -0.504 e. The van der Waals surface area contributed by atoms with Gasteiger partial charge in [0.1, 0.15) is 0 Å². The van der Waals surface area contributed by atoms with E-state index in [2.05, 4.69) is 10.3 Å². The van der Waals surface area contributed by atoms with Crippen molar-refractivity contribution in [2.45, 2.75) is 13.5 Å². The lowest BCUT2D eigenvalue weighted by molar-refractivity contribution is 0.100. The molecule has 26 heavy (non-hydrogen) atoms. The van der Waals surface area contributed by atoms with Gasteiger partial charge in [-0.3, -0.25) is 9.78 Å². The number of phenolic OH excluding ortho intramolecular Hbond substituents is 1. The van der Waals surface area contributed by atoms with Crippen molar-refractivity contribution >= 4 is 28.2 Å². The second kappa shape index (κ2) is 6.89. The van der Waals surface area contributed by atoms with Crippen LogP contribution in [0.2, 0.25) is 0 Å². The van der Waals surface area contributed by atoms with E-state index in [9.17, 15) is 15.0 Å². The molecule has 2 aromatic carbocycles. The van der Waals surface area contributed by atoms with Crippen LogP contribution >= 0.6 is 0 Å². The number of carbonyl (C=O) groups is 1. The van der Waals surface area contributed by atoms with Gasteiger partial charge >= 0.3 is 0 Å². The van der Waals surface area contributed by atoms with Gasteiger partial charge in [0.15, 0.2) is 11.5 Å². The molecule has 5 N–H and O–H groups in total.